The Morgan fingerprint density at radius 1 is 1.14 bits per heavy atom. The number of hydrogen-bond donors (Lipinski definition) is 2. The van der Waals surface area contributed by atoms with E-state index < -0.39 is 6.03 Å². The second-order valence-corrected chi connectivity index (χ2v) is 4.81. The van der Waals surface area contributed by atoms with Gasteiger partial charge < -0.3 is 11.5 Å². The van der Waals surface area contributed by atoms with E-state index in [-0.39, 0.29) is 0 Å². The molecule has 0 atom stereocenters. The van der Waals surface area contributed by atoms with Crippen LogP contribution in [0.2, 0.25) is 0 Å². The first kappa shape index (κ1) is 13.0. The Morgan fingerprint density at radius 3 is 2.57 bits per heavy atom. The third-order valence-corrected chi connectivity index (χ3v) is 3.50. The molecule has 0 saturated heterocycles. The fourth-order valence-corrected chi connectivity index (χ4v) is 2.61. The van der Waals surface area contributed by atoms with Crippen molar-refractivity contribution >= 4 is 28.7 Å². The number of carbonyl (C=O) groups is 1. The van der Waals surface area contributed by atoms with E-state index in [1.807, 2.05) is 48.5 Å². The summed E-state index contributed by atoms with van der Waals surface area (Å²) in [4.78, 5) is 11.7. The minimum absolute atomic E-state index is 0.523. The molecular weight excluding hydrogens is 262 g/mol. The van der Waals surface area contributed by atoms with Crippen LogP contribution in [0.15, 0.2) is 55.1 Å². The van der Waals surface area contributed by atoms with Gasteiger partial charge in [0.15, 0.2) is 0 Å². The van der Waals surface area contributed by atoms with Gasteiger partial charge in [-0.15, -0.1) is 0 Å². The SMILES string of the molecule is C=Cc1cc2c(-c3cccc(N)c3)cccc2n1C(N)=O. The van der Waals surface area contributed by atoms with Crippen molar-refractivity contribution in [2.75, 3.05) is 5.73 Å². The van der Waals surface area contributed by atoms with E-state index in [0.717, 1.165) is 22.0 Å². The molecule has 4 nitrogen and oxygen atoms in total. The summed E-state index contributed by atoms with van der Waals surface area (Å²) in [7, 11) is 0. The normalized spacial score (nSPS) is 10.7. The van der Waals surface area contributed by atoms with E-state index in [0.29, 0.717) is 11.4 Å². The second kappa shape index (κ2) is 4.83. The number of carbonyl (C=O) groups excluding carboxylic acids is 1. The van der Waals surface area contributed by atoms with Crippen molar-refractivity contribution < 1.29 is 4.79 Å². The Hall–Kier alpha value is -3.01. The minimum atomic E-state index is -0.523. The lowest BCUT2D eigenvalue weighted by atomic mass is 10.0. The van der Waals surface area contributed by atoms with Crippen LogP contribution >= 0.6 is 0 Å². The molecule has 4 N–H and O–H groups in total. The Labute approximate surface area is 122 Å². The van der Waals surface area contributed by atoms with Crippen LogP contribution in [0.4, 0.5) is 10.5 Å². The number of benzene rings is 2. The van der Waals surface area contributed by atoms with Gasteiger partial charge in [-0.05, 0) is 41.5 Å². The molecule has 0 aliphatic carbocycles. The van der Waals surface area contributed by atoms with Gasteiger partial charge in [-0.2, -0.15) is 0 Å². The topological polar surface area (TPSA) is 74.0 Å². The standard InChI is InChI=1S/C17H15N3O/c1-2-13-10-15-14(11-5-3-6-12(18)9-11)7-4-8-16(15)20(13)17(19)21/h2-10H,1,18H2,(H2,19,21). The molecule has 0 bridgehead atoms. The largest absolute Gasteiger partial charge is 0.399 e. The fourth-order valence-electron chi connectivity index (χ4n) is 2.61. The summed E-state index contributed by atoms with van der Waals surface area (Å²) in [6.45, 7) is 3.74. The van der Waals surface area contributed by atoms with E-state index in [9.17, 15) is 4.79 Å². The van der Waals surface area contributed by atoms with E-state index in [1.165, 1.54) is 4.57 Å². The van der Waals surface area contributed by atoms with Crippen LogP contribution in [0.1, 0.15) is 5.69 Å². The molecule has 3 aromatic rings. The number of nitrogen functional groups attached to an aromatic ring is 1. The molecule has 2 aromatic carbocycles. The molecule has 0 spiro atoms. The van der Waals surface area contributed by atoms with Gasteiger partial charge in [0.25, 0.3) is 0 Å². The van der Waals surface area contributed by atoms with Gasteiger partial charge >= 0.3 is 6.03 Å². The van der Waals surface area contributed by atoms with Crippen LogP contribution in [0, 0.1) is 0 Å². The lowest BCUT2D eigenvalue weighted by molar-refractivity contribution is 0.251. The molecule has 4 heteroatoms. The van der Waals surface area contributed by atoms with E-state index in [4.69, 9.17) is 11.5 Å². The highest BCUT2D eigenvalue weighted by Gasteiger charge is 2.14. The summed E-state index contributed by atoms with van der Waals surface area (Å²) in [5, 5.41) is 0.941. The van der Waals surface area contributed by atoms with Crippen molar-refractivity contribution in [3.05, 3.63) is 60.8 Å². The number of primary amides is 1. The Bertz CT molecular complexity index is 862. The third kappa shape index (κ3) is 2.07. The second-order valence-electron chi connectivity index (χ2n) is 4.81. The maximum Gasteiger partial charge on any atom is 0.323 e. The van der Waals surface area contributed by atoms with E-state index >= 15 is 0 Å². The van der Waals surface area contributed by atoms with Gasteiger partial charge in [0.1, 0.15) is 0 Å². The molecule has 0 unspecified atom stereocenters. The van der Waals surface area contributed by atoms with Crippen LogP contribution in [0.25, 0.3) is 28.1 Å². The molecule has 1 amide bonds. The summed E-state index contributed by atoms with van der Waals surface area (Å²) in [5.41, 5.74) is 15.5. The summed E-state index contributed by atoms with van der Waals surface area (Å²) < 4.78 is 1.46. The lowest BCUT2D eigenvalue weighted by Crippen LogP contribution is -2.20. The monoisotopic (exact) mass is 277 g/mol. The smallest absolute Gasteiger partial charge is 0.323 e. The van der Waals surface area contributed by atoms with Crippen LogP contribution in [-0.4, -0.2) is 10.6 Å². The van der Waals surface area contributed by atoms with Gasteiger partial charge in [-0.3, -0.25) is 4.57 Å². The summed E-state index contributed by atoms with van der Waals surface area (Å²) in [6.07, 6.45) is 1.62. The lowest BCUT2D eigenvalue weighted by Gasteiger charge is -2.06. The molecule has 3 rings (SSSR count). The van der Waals surface area contributed by atoms with Crippen molar-refractivity contribution in [3.63, 3.8) is 0 Å². The van der Waals surface area contributed by atoms with Crippen LogP contribution < -0.4 is 11.5 Å². The third-order valence-electron chi connectivity index (χ3n) is 3.50. The molecule has 1 heterocycles. The van der Waals surface area contributed by atoms with Gasteiger partial charge in [0.2, 0.25) is 0 Å². The Balaban J connectivity index is 2.36. The van der Waals surface area contributed by atoms with Crippen molar-refractivity contribution in [1.82, 2.24) is 4.57 Å². The van der Waals surface area contributed by atoms with Gasteiger partial charge in [0.05, 0.1) is 11.2 Å². The maximum absolute atomic E-state index is 11.7. The molecule has 0 radical (unpaired) electrons. The first-order valence-electron chi connectivity index (χ1n) is 6.54. The Morgan fingerprint density at radius 2 is 1.90 bits per heavy atom. The molecule has 104 valence electrons. The van der Waals surface area contributed by atoms with Crippen LogP contribution in [-0.2, 0) is 0 Å². The van der Waals surface area contributed by atoms with Crippen molar-refractivity contribution in [2.45, 2.75) is 0 Å². The first-order valence-corrected chi connectivity index (χ1v) is 6.54. The zero-order valence-electron chi connectivity index (χ0n) is 11.4. The molecule has 1 aromatic heterocycles. The summed E-state index contributed by atoms with van der Waals surface area (Å²) >= 11 is 0. The number of aromatic nitrogens is 1. The minimum Gasteiger partial charge on any atom is -0.399 e. The molecular formula is C17H15N3O. The van der Waals surface area contributed by atoms with E-state index in [2.05, 4.69) is 6.58 Å². The highest BCUT2D eigenvalue weighted by molar-refractivity contribution is 6.02. The molecule has 0 saturated carbocycles. The molecule has 0 aliphatic rings. The zero-order valence-corrected chi connectivity index (χ0v) is 11.4. The van der Waals surface area contributed by atoms with Gasteiger partial charge in [-0.25, -0.2) is 4.79 Å². The number of rotatable bonds is 2. The molecule has 0 fully saturated rings. The number of nitrogens with two attached hydrogens (primary N) is 2. The predicted octanol–water partition coefficient (Wildman–Crippen LogP) is 3.46. The van der Waals surface area contributed by atoms with Gasteiger partial charge in [-0.1, -0.05) is 30.8 Å². The van der Waals surface area contributed by atoms with Crippen molar-refractivity contribution in [3.8, 4) is 11.1 Å². The number of amides is 1. The van der Waals surface area contributed by atoms with E-state index in [1.54, 1.807) is 6.08 Å². The zero-order chi connectivity index (χ0) is 15.0. The fraction of sp³-hybridized carbons (Fsp3) is 0. The first-order chi connectivity index (χ1) is 10.1. The number of hydrogen-bond acceptors (Lipinski definition) is 2. The van der Waals surface area contributed by atoms with Gasteiger partial charge in [0, 0.05) is 11.1 Å². The molecule has 21 heavy (non-hydrogen) atoms. The van der Waals surface area contributed by atoms with Crippen LogP contribution in [0.3, 0.4) is 0 Å². The number of nitrogens with zero attached hydrogens (tertiary/aromatic N) is 1. The van der Waals surface area contributed by atoms with Crippen molar-refractivity contribution in [1.29, 1.82) is 0 Å². The average Bonchev–Trinajstić information content (AvgIpc) is 2.85. The average molecular weight is 277 g/mol. The van der Waals surface area contributed by atoms with Crippen LogP contribution in [0.5, 0.6) is 0 Å². The summed E-state index contributed by atoms with van der Waals surface area (Å²) in [6, 6.07) is 14.8. The highest BCUT2D eigenvalue weighted by Crippen LogP contribution is 2.32. The summed E-state index contributed by atoms with van der Waals surface area (Å²) in [5.74, 6) is 0. The predicted molar refractivity (Wildman–Crippen MR) is 86.9 cm³/mol. The molecule has 0 aliphatic heterocycles. The Kier molecular flexibility index (Phi) is 2.99. The quantitative estimate of drug-likeness (QED) is 0.704. The maximum atomic E-state index is 11.7. The number of anilines is 1. The highest BCUT2D eigenvalue weighted by atomic mass is 16.2. The van der Waals surface area contributed by atoms with Crippen molar-refractivity contribution in [2.24, 2.45) is 5.73 Å². The number of fused-ring (bicyclic) bond motifs is 1.